The Balaban J connectivity index is 2.54. The van der Waals surface area contributed by atoms with Crippen molar-refractivity contribution < 1.29 is 4.79 Å². The SMILES string of the molecule is CCCC(C#N)(CCC)C(=O)NCC1CCC(C)C1. The number of carbonyl (C=O) groups excluding carboxylic acids is 1. The molecule has 1 saturated carbocycles. The van der Waals surface area contributed by atoms with Crippen LogP contribution in [0.1, 0.15) is 65.7 Å². The highest BCUT2D eigenvalue weighted by Gasteiger charge is 2.37. The van der Waals surface area contributed by atoms with E-state index in [0.29, 0.717) is 18.8 Å². The fourth-order valence-electron chi connectivity index (χ4n) is 3.28. The van der Waals surface area contributed by atoms with Crippen LogP contribution in [-0.4, -0.2) is 12.5 Å². The second-order valence-corrected chi connectivity index (χ2v) is 6.19. The highest BCUT2D eigenvalue weighted by molar-refractivity contribution is 5.85. The number of carbonyl (C=O) groups is 1. The van der Waals surface area contributed by atoms with Crippen LogP contribution in [0.25, 0.3) is 0 Å². The number of hydrogen-bond donors (Lipinski definition) is 1. The fraction of sp³-hybridized carbons (Fsp3) is 0.875. The maximum absolute atomic E-state index is 12.4. The zero-order valence-electron chi connectivity index (χ0n) is 12.7. The molecule has 0 aromatic rings. The Kier molecular flexibility index (Phi) is 6.34. The number of hydrogen-bond acceptors (Lipinski definition) is 2. The third kappa shape index (κ3) is 4.23. The summed E-state index contributed by atoms with van der Waals surface area (Å²) >= 11 is 0. The van der Waals surface area contributed by atoms with Crippen LogP contribution in [0.5, 0.6) is 0 Å². The quantitative estimate of drug-likeness (QED) is 0.763. The Morgan fingerprint density at radius 2 is 1.95 bits per heavy atom. The lowest BCUT2D eigenvalue weighted by molar-refractivity contribution is -0.129. The van der Waals surface area contributed by atoms with Gasteiger partial charge in [-0.25, -0.2) is 0 Å². The molecule has 0 spiro atoms. The molecular formula is C16H28N2O. The Hall–Kier alpha value is -1.04. The third-order valence-electron chi connectivity index (χ3n) is 4.36. The van der Waals surface area contributed by atoms with E-state index in [1.165, 1.54) is 19.3 Å². The molecule has 0 aromatic heterocycles. The zero-order valence-corrected chi connectivity index (χ0v) is 12.7. The van der Waals surface area contributed by atoms with E-state index in [1.54, 1.807) is 0 Å². The average molecular weight is 264 g/mol. The first kappa shape index (κ1) is 16.0. The van der Waals surface area contributed by atoms with Gasteiger partial charge in [0.25, 0.3) is 0 Å². The minimum Gasteiger partial charge on any atom is -0.354 e. The summed E-state index contributed by atoms with van der Waals surface area (Å²) < 4.78 is 0. The predicted octanol–water partition coefficient (Wildman–Crippen LogP) is 3.65. The Bertz CT molecular complexity index is 326. The van der Waals surface area contributed by atoms with Crippen molar-refractivity contribution in [3.8, 4) is 6.07 Å². The van der Waals surface area contributed by atoms with E-state index in [0.717, 1.165) is 25.3 Å². The van der Waals surface area contributed by atoms with Gasteiger partial charge in [-0.1, -0.05) is 40.0 Å². The second-order valence-electron chi connectivity index (χ2n) is 6.19. The molecule has 1 aliphatic carbocycles. The standard InChI is InChI=1S/C16H28N2O/c1-4-8-16(12-17,9-5-2)15(19)18-11-14-7-6-13(3)10-14/h13-14H,4-11H2,1-3H3,(H,18,19). The zero-order chi connectivity index (χ0) is 14.3. The van der Waals surface area contributed by atoms with Crippen molar-refractivity contribution in [1.29, 1.82) is 5.26 Å². The topological polar surface area (TPSA) is 52.9 Å². The molecule has 0 bridgehead atoms. The number of nitrogens with zero attached hydrogens (tertiary/aromatic N) is 1. The first-order valence-corrected chi connectivity index (χ1v) is 7.77. The lowest BCUT2D eigenvalue weighted by Gasteiger charge is -2.25. The van der Waals surface area contributed by atoms with E-state index < -0.39 is 5.41 Å². The minimum absolute atomic E-state index is 0.0433. The lowest BCUT2D eigenvalue weighted by atomic mass is 9.79. The molecule has 1 N–H and O–H groups in total. The maximum Gasteiger partial charge on any atom is 0.240 e. The van der Waals surface area contributed by atoms with Gasteiger partial charge in [0.1, 0.15) is 5.41 Å². The number of nitrogens with one attached hydrogen (secondary N) is 1. The van der Waals surface area contributed by atoms with Crippen LogP contribution in [0.4, 0.5) is 0 Å². The van der Waals surface area contributed by atoms with Crippen LogP contribution in [0, 0.1) is 28.6 Å². The van der Waals surface area contributed by atoms with Crippen LogP contribution in [0.2, 0.25) is 0 Å². The molecule has 3 nitrogen and oxygen atoms in total. The van der Waals surface area contributed by atoms with Crippen molar-refractivity contribution in [2.24, 2.45) is 17.3 Å². The van der Waals surface area contributed by atoms with E-state index >= 15 is 0 Å². The first-order valence-electron chi connectivity index (χ1n) is 7.77. The van der Waals surface area contributed by atoms with Gasteiger partial charge in [-0.3, -0.25) is 4.79 Å². The molecule has 0 aromatic carbocycles. The van der Waals surface area contributed by atoms with Crippen molar-refractivity contribution in [1.82, 2.24) is 5.32 Å². The van der Waals surface area contributed by atoms with Crippen molar-refractivity contribution in [3.05, 3.63) is 0 Å². The summed E-state index contributed by atoms with van der Waals surface area (Å²) in [5.74, 6) is 1.35. The van der Waals surface area contributed by atoms with Gasteiger partial charge in [-0.15, -0.1) is 0 Å². The molecule has 19 heavy (non-hydrogen) atoms. The van der Waals surface area contributed by atoms with Gasteiger partial charge in [-0.05, 0) is 37.5 Å². The van der Waals surface area contributed by atoms with E-state index in [-0.39, 0.29) is 5.91 Å². The van der Waals surface area contributed by atoms with Crippen LogP contribution in [-0.2, 0) is 4.79 Å². The molecule has 2 unspecified atom stereocenters. The van der Waals surface area contributed by atoms with Crippen LogP contribution in [0.3, 0.4) is 0 Å². The molecule has 1 fully saturated rings. The summed E-state index contributed by atoms with van der Waals surface area (Å²) in [5.41, 5.74) is -0.798. The van der Waals surface area contributed by atoms with Crippen LogP contribution < -0.4 is 5.32 Å². The van der Waals surface area contributed by atoms with Crippen LogP contribution in [0.15, 0.2) is 0 Å². The highest BCUT2D eigenvalue weighted by atomic mass is 16.2. The highest BCUT2D eigenvalue weighted by Crippen LogP contribution is 2.32. The third-order valence-corrected chi connectivity index (χ3v) is 4.36. The van der Waals surface area contributed by atoms with Crippen molar-refractivity contribution >= 4 is 5.91 Å². The van der Waals surface area contributed by atoms with Gasteiger partial charge in [-0.2, -0.15) is 5.26 Å². The van der Waals surface area contributed by atoms with E-state index in [4.69, 9.17) is 0 Å². The summed E-state index contributed by atoms with van der Waals surface area (Å²) in [6.07, 6.45) is 6.79. The van der Waals surface area contributed by atoms with Gasteiger partial charge in [0.2, 0.25) is 5.91 Å². The summed E-state index contributed by atoms with van der Waals surface area (Å²) in [6, 6.07) is 2.29. The molecule has 108 valence electrons. The molecule has 0 heterocycles. The van der Waals surface area contributed by atoms with Gasteiger partial charge < -0.3 is 5.32 Å². The molecular weight excluding hydrogens is 236 g/mol. The van der Waals surface area contributed by atoms with Gasteiger partial charge in [0, 0.05) is 6.54 Å². The fourth-order valence-corrected chi connectivity index (χ4v) is 3.28. The Morgan fingerprint density at radius 1 is 1.32 bits per heavy atom. The number of amides is 1. The Morgan fingerprint density at radius 3 is 2.37 bits per heavy atom. The summed E-state index contributed by atoms with van der Waals surface area (Å²) in [6.45, 7) is 7.09. The van der Waals surface area contributed by atoms with Crippen LogP contribution >= 0.6 is 0 Å². The second kappa shape index (κ2) is 7.53. The number of rotatable bonds is 7. The van der Waals surface area contributed by atoms with Crippen molar-refractivity contribution in [2.45, 2.75) is 65.7 Å². The first-order chi connectivity index (χ1) is 9.07. The molecule has 1 aliphatic rings. The monoisotopic (exact) mass is 264 g/mol. The predicted molar refractivity (Wildman–Crippen MR) is 77.4 cm³/mol. The molecule has 3 heteroatoms. The van der Waals surface area contributed by atoms with E-state index in [2.05, 4.69) is 18.3 Å². The Labute approximate surface area is 117 Å². The van der Waals surface area contributed by atoms with Crippen molar-refractivity contribution in [2.75, 3.05) is 6.54 Å². The molecule has 0 aliphatic heterocycles. The average Bonchev–Trinajstić information content (AvgIpc) is 2.81. The number of nitriles is 1. The maximum atomic E-state index is 12.4. The van der Waals surface area contributed by atoms with Gasteiger partial charge in [0.15, 0.2) is 0 Å². The minimum atomic E-state index is -0.798. The molecule has 1 rings (SSSR count). The summed E-state index contributed by atoms with van der Waals surface area (Å²) in [5, 5.41) is 12.5. The summed E-state index contributed by atoms with van der Waals surface area (Å²) in [7, 11) is 0. The molecule has 0 saturated heterocycles. The van der Waals surface area contributed by atoms with Gasteiger partial charge >= 0.3 is 0 Å². The molecule has 2 atom stereocenters. The van der Waals surface area contributed by atoms with E-state index in [9.17, 15) is 10.1 Å². The smallest absolute Gasteiger partial charge is 0.240 e. The van der Waals surface area contributed by atoms with Gasteiger partial charge in [0.05, 0.1) is 6.07 Å². The molecule has 1 amide bonds. The van der Waals surface area contributed by atoms with E-state index in [1.807, 2.05) is 13.8 Å². The van der Waals surface area contributed by atoms with Crippen molar-refractivity contribution in [3.63, 3.8) is 0 Å². The normalized spacial score (nSPS) is 23.1. The largest absolute Gasteiger partial charge is 0.354 e. The summed E-state index contributed by atoms with van der Waals surface area (Å²) in [4.78, 5) is 12.4. The lowest BCUT2D eigenvalue weighted by Crippen LogP contribution is -2.41. The molecule has 0 radical (unpaired) electrons.